The fraction of sp³-hybridized carbons (Fsp3) is 0.240. The Morgan fingerprint density at radius 1 is 1.03 bits per heavy atom. The third kappa shape index (κ3) is 3.94. The number of hydrogen-bond donors (Lipinski definition) is 1. The average Bonchev–Trinajstić information content (AvgIpc) is 3.47. The zero-order valence-corrected chi connectivity index (χ0v) is 18.9. The van der Waals surface area contributed by atoms with Crippen LogP contribution in [0.1, 0.15) is 33.6 Å². The van der Waals surface area contributed by atoms with Gasteiger partial charge in [0.1, 0.15) is 23.6 Å². The second-order valence-electron chi connectivity index (χ2n) is 8.33. The van der Waals surface area contributed by atoms with Crippen LogP contribution in [0.2, 0.25) is 0 Å². The molecule has 0 saturated heterocycles. The van der Waals surface area contributed by atoms with E-state index in [0.717, 1.165) is 40.8 Å². The van der Waals surface area contributed by atoms with E-state index in [0.29, 0.717) is 12.2 Å². The molecule has 0 fully saturated rings. The molecule has 2 aromatic carbocycles. The lowest BCUT2D eigenvalue weighted by Gasteiger charge is -2.24. The first-order chi connectivity index (χ1) is 16.0. The summed E-state index contributed by atoms with van der Waals surface area (Å²) in [7, 11) is 5.68. The minimum Gasteiger partial charge on any atom is -0.497 e. The van der Waals surface area contributed by atoms with Crippen LogP contribution < -0.4 is 10.1 Å². The maximum absolute atomic E-state index is 13.5. The zero-order chi connectivity index (χ0) is 22.9. The van der Waals surface area contributed by atoms with E-state index in [1.165, 1.54) is 0 Å². The molecular weight excluding hydrogens is 416 g/mol. The van der Waals surface area contributed by atoms with Gasteiger partial charge in [-0.1, -0.05) is 12.1 Å². The number of benzene rings is 2. The first-order valence-corrected chi connectivity index (χ1v) is 10.8. The van der Waals surface area contributed by atoms with E-state index in [2.05, 4.69) is 24.8 Å². The third-order valence-corrected chi connectivity index (χ3v) is 5.84. The standard InChI is InChI=1S/C25H26N6O2/c1-29(2)15-22-26-12-13-30(22)18-6-4-17(5-7-18)23-25(32)24-21(14-27-23)28-16-31(24)19-8-10-20(33-3)11-9-19/h4-13,16,23,27H,14-15H2,1-3H3. The molecule has 3 heterocycles. The van der Waals surface area contributed by atoms with Crippen molar-refractivity contribution >= 4 is 5.78 Å². The Balaban J connectivity index is 1.42. The average molecular weight is 443 g/mol. The quantitative estimate of drug-likeness (QED) is 0.494. The number of ether oxygens (including phenoxy) is 1. The molecule has 8 heteroatoms. The molecule has 5 rings (SSSR count). The number of ketones is 1. The Bertz CT molecular complexity index is 1270. The molecule has 1 aliphatic rings. The summed E-state index contributed by atoms with van der Waals surface area (Å²) >= 11 is 0. The molecule has 2 aromatic heterocycles. The van der Waals surface area contributed by atoms with Gasteiger partial charge in [0, 0.05) is 30.3 Å². The molecule has 0 radical (unpaired) electrons. The normalized spacial score (nSPS) is 15.6. The van der Waals surface area contributed by atoms with E-state index in [1.54, 1.807) is 19.6 Å². The van der Waals surface area contributed by atoms with E-state index in [4.69, 9.17) is 4.74 Å². The van der Waals surface area contributed by atoms with E-state index in [-0.39, 0.29) is 5.78 Å². The van der Waals surface area contributed by atoms with Gasteiger partial charge < -0.3 is 14.2 Å². The summed E-state index contributed by atoms with van der Waals surface area (Å²) in [6.07, 6.45) is 5.47. The SMILES string of the molecule is COc1ccc(-n2cnc3c2C(=O)C(c2ccc(-n4ccnc4CN(C)C)cc2)NC3)cc1. The maximum atomic E-state index is 13.5. The lowest BCUT2D eigenvalue weighted by Crippen LogP contribution is -2.35. The van der Waals surface area contributed by atoms with Crippen molar-refractivity contribution in [1.29, 1.82) is 0 Å². The van der Waals surface area contributed by atoms with Crippen LogP contribution in [0, 0.1) is 0 Å². The predicted molar refractivity (Wildman–Crippen MR) is 125 cm³/mol. The highest BCUT2D eigenvalue weighted by Gasteiger charge is 2.32. The Labute approximate surface area is 192 Å². The Kier molecular flexibility index (Phi) is 5.53. The van der Waals surface area contributed by atoms with Crippen molar-refractivity contribution in [3.63, 3.8) is 0 Å². The lowest BCUT2D eigenvalue weighted by molar-refractivity contribution is 0.0922. The number of rotatable bonds is 6. The number of Topliss-reactive ketones (excluding diaryl/α,β-unsaturated/α-hetero) is 1. The van der Waals surface area contributed by atoms with Gasteiger partial charge in [0.25, 0.3) is 0 Å². The molecule has 0 saturated carbocycles. The topological polar surface area (TPSA) is 77.2 Å². The zero-order valence-electron chi connectivity index (χ0n) is 18.9. The van der Waals surface area contributed by atoms with E-state index < -0.39 is 6.04 Å². The molecule has 1 aliphatic heterocycles. The maximum Gasteiger partial charge on any atom is 0.202 e. The number of fused-ring (bicyclic) bond motifs is 1. The molecule has 8 nitrogen and oxygen atoms in total. The van der Waals surface area contributed by atoms with Crippen molar-refractivity contribution in [2.45, 2.75) is 19.1 Å². The Morgan fingerprint density at radius 2 is 1.73 bits per heavy atom. The van der Waals surface area contributed by atoms with Crippen LogP contribution >= 0.6 is 0 Å². The number of carbonyl (C=O) groups is 1. The van der Waals surface area contributed by atoms with Gasteiger partial charge in [0.2, 0.25) is 5.78 Å². The van der Waals surface area contributed by atoms with Crippen molar-refractivity contribution < 1.29 is 9.53 Å². The number of hydrogen-bond acceptors (Lipinski definition) is 6. The van der Waals surface area contributed by atoms with Crippen LogP contribution in [0.15, 0.2) is 67.3 Å². The molecule has 4 aromatic rings. The van der Waals surface area contributed by atoms with Crippen molar-refractivity contribution in [3.05, 3.63) is 90.0 Å². The molecule has 33 heavy (non-hydrogen) atoms. The van der Waals surface area contributed by atoms with Gasteiger partial charge in [-0.3, -0.25) is 14.7 Å². The summed E-state index contributed by atoms with van der Waals surface area (Å²) in [6.45, 7) is 1.28. The van der Waals surface area contributed by atoms with E-state index in [1.807, 2.05) is 73.4 Å². The minimum atomic E-state index is -0.427. The van der Waals surface area contributed by atoms with Crippen LogP contribution in [0.25, 0.3) is 11.4 Å². The summed E-state index contributed by atoms with van der Waals surface area (Å²) in [5, 5.41) is 3.34. The van der Waals surface area contributed by atoms with Gasteiger partial charge in [-0.05, 0) is 56.1 Å². The fourth-order valence-electron chi connectivity index (χ4n) is 4.21. The van der Waals surface area contributed by atoms with E-state index in [9.17, 15) is 4.79 Å². The van der Waals surface area contributed by atoms with Crippen LogP contribution in [0.4, 0.5) is 0 Å². The summed E-state index contributed by atoms with van der Waals surface area (Å²) in [4.78, 5) is 24.5. The van der Waals surface area contributed by atoms with Gasteiger partial charge >= 0.3 is 0 Å². The van der Waals surface area contributed by atoms with Gasteiger partial charge in [-0.2, -0.15) is 0 Å². The number of carbonyl (C=O) groups excluding carboxylic acids is 1. The van der Waals surface area contributed by atoms with Crippen molar-refractivity contribution in [2.75, 3.05) is 21.2 Å². The molecule has 0 spiro atoms. The molecule has 0 bridgehead atoms. The van der Waals surface area contributed by atoms with Gasteiger partial charge in [-0.15, -0.1) is 0 Å². The van der Waals surface area contributed by atoms with Crippen molar-refractivity contribution in [3.8, 4) is 17.1 Å². The molecule has 1 atom stereocenters. The van der Waals surface area contributed by atoms with Crippen LogP contribution in [0.3, 0.4) is 0 Å². The molecule has 1 unspecified atom stereocenters. The van der Waals surface area contributed by atoms with Gasteiger partial charge in [0.05, 0.1) is 25.4 Å². The smallest absolute Gasteiger partial charge is 0.202 e. The first kappa shape index (κ1) is 21.1. The summed E-state index contributed by atoms with van der Waals surface area (Å²) in [6, 6.07) is 15.3. The molecule has 0 amide bonds. The molecule has 0 aliphatic carbocycles. The predicted octanol–water partition coefficient (Wildman–Crippen LogP) is 3.16. The second-order valence-corrected chi connectivity index (χ2v) is 8.33. The number of nitrogens with one attached hydrogen (secondary N) is 1. The van der Waals surface area contributed by atoms with Crippen molar-refractivity contribution in [1.82, 2.24) is 29.3 Å². The lowest BCUT2D eigenvalue weighted by atomic mass is 9.96. The number of methoxy groups -OCH3 is 1. The molecule has 168 valence electrons. The largest absolute Gasteiger partial charge is 0.497 e. The fourth-order valence-corrected chi connectivity index (χ4v) is 4.21. The number of imidazole rings is 2. The van der Waals surface area contributed by atoms with Gasteiger partial charge in [0.15, 0.2) is 0 Å². The van der Waals surface area contributed by atoms with Crippen LogP contribution in [-0.4, -0.2) is 51.0 Å². The number of nitrogens with zero attached hydrogens (tertiary/aromatic N) is 5. The molecule has 1 N–H and O–H groups in total. The van der Waals surface area contributed by atoms with Gasteiger partial charge in [-0.25, -0.2) is 9.97 Å². The monoisotopic (exact) mass is 442 g/mol. The highest BCUT2D eigenvalue weighted by atomic mass is 16.5. The van der Waals surface area contributed by atoms with E-state index >= 15 is 0 Å². The number of aromatic nitrogens is 4. The Morgan fingerprint density at radius 3 is 2.42 bits per heavy atom. The highest BCUT2D eigenvalue weighted by Crippen LogP contribution is 2.28. The Hall–Kier alpha value is -3.75. The highest BCUT2D eigenvalue weighted by molar-refractivity contribution is 6.01. The third-order valence-electron chi connectivity index (χ3n) is 5.84. The van der Waals surface area contributed by atoms with Crippen LogP contribution in [-0.2, 0) is 13.1 Å². The first-order valence-electron chi connectivity index (χ1n) is 10.8. The second kappa shape index (κ2) is 8.65. The summed E-state index contributed by atoms with van der Waals surface area (Å²) in [5.41, 5.74) is 4.19. The summed E-state index contributed by atoms with van der Waals surface area (Å²) in [5.74, 6) is 1.74. The summed E-state index contributed by atoms with van der Waals surface area (Å²) < 4.78 is 9.17. The minimum absolute atomic E-state index is 0.00763. The van der Waals surface area contributed by atoms with Crippen LogP contribution in [0.5, 0.6) is 5.75 Å². The molecular formula is C25H26N6O2. The van der Waals surface area contributed by atoms with Crippen molar-refractivity contribution in [2.24, 2.45) is 0 Å².